The number of hydrogen-bond donors (Lipinski definition) is 2. The van der Waals surface area contributed by atoms with Crippen LogP contribution >= 0.6 is 12.4 Å². The van der Waals surface area contributed by atoms with Crippen molar-refractivity contribution in [2.75, 3.05) is 13.2 Å². The van der Waals surface area contributed by atoms with Gasteiger partial charge in [0.05, 0.1) is 5.57 Å². The second-order valence-electron chi connectivity index (χ2n) is 5.21. The Morgan fingerprint density at radius 1 is 1.40 bits per heavy atom. The number of nitrogens with one attached hydrogen (secondary N) is 1. The molecule has 5 heteroatoms. The third-order valence-electron chi connectivity index (χ3n) is 3.65. The molecule has 1 aliphatic heterocycles. The van der Waals surface area contributed by atoms with E-state index < -0.39 is 0 Å². The summed E-state index contributed by atoms with van der Waals surface area (Å²) in [6.07, 6.45) is 4.27. The number of halogens is 1. The monoisotopic (exact) mass is 294 g/mol. The van der Waals surface area contributed by atoms with E-state index in [-0.39, 0.29) is 24.4 Å². The van der Waals surface area contributed by atoms with Crippen molar-refractivity contribution in [1.29, 1.82) is 0 Å². The molecule has 1 amide bonds. The van der Waals surface area contributed by atoms with Crippen LogP contribution in [0.25, 0.3) is 6.08 Å². The number of ether oxygens (including phenoxy) is 1. The van der Waals surface area contributed by atoms with Crippen molar-refractivity contribution in [3.8, 4) is 5.75 Å². The van der Waals surface area contributed by atoms with E-state index in [0.29, 0.717) is 24.6 Å². The molecule has 108 valence electrons. The highest BCUT2D eigenvalue weighted by Gasteiger charge is 2.28. The summed E-state index contributed by atoms with van der Waals surface area (Å²) in [5.74, 6) is 1.34. The maximum Gasteiger partial charge on any atom is 0.250 e. The van der Waals surface area contributed by atoms with Crippen LogP contribution in [0.2, 0.25) is 0 Å². The molecule has 0 bridgehead atoms. The summed E-state index contributed by atoms with van der Waals surface area (Å²) in [6.45, 7) is 0.865. The van der Waals surface area contributed by atoms with Crippen molar-refractivity contribution >= 4 is 24.4 Å². The van der Waals surface area contributed by atoms with Gasteiger partial charge in [0.1, 0.15) is 12.4 Å². The molecule has 3 N–H and O–H groups in total. The van der Waals surface area contributed by atoms with E-state index in [4.69, 9.17) is 10.5 Å². The lowest BCUT2D eigenvalue weighted by Gasteiger charge is -2.18. The molecule has 3 rings (SSSR count). The highest BCUT2D eigenvalue weighted by molar-refractivity contribution is 5.99. The smallest absolute Gasteiger partial charge is 0.250 e. The van der Waals surface area contributed by atoms with Crippen molar-refractivity contribution in [1.82, 2.24) is 5.32 Å². The molecule has 1 aliphatic carbocycles. The fraction of sp³-hybridized carbons (Fsp3) is 0.400. The normalized spacial score (nSPS) is 17.9. The van der Waals surface area contributed by atoms with Crippen molar-refractivity contribution in [2.24, 2.45) is 11.7 Å². The van der Waals surface area contributed by atoms with Crippen LogP contribution in [0.4, 0.5) is 0 Å². The minimum Gasteiger partial charge on any atom is -0.488 e. The number of amides is 1. The highest BCUT2D eigenvalue weighted by Crippen LogP contribution is 2.31. The Balaban J connectivity index is 0.00000147. The zero-order chi connectivity index (χ0) is 13.2. The van der Waals surface area contributed by atoms with Crippen LogP contribution in [-0.2, 0) is 4.79 Å². The van der Waals surface area contributed by atoms with Crippen molar-refractivity contribution in [2.45, 2.75) is 18.9 Å². The van der Waals surface area contributed by atoms with E-state index in [2.05, 4.69) is 5.32 Å². The van der Waals surface area contributed by atoms with Crippen LogP contribution in [0.3, 0.4) is 0 Å². The molecular formula is C15H19ClN2O2. The zero-order valence-electron chi connectivity index (χ0n) is 11.2. The summed E-state index contributed by atoms with van der Waals surface area (Å²) in [4.78, 5) is 12.0. The molecule has 0 saturated heterocycles. The van der Waals surface area contributed by atoms with Crippen LogP contribution in [0.1, 0.15) is 18.4 Å². The van der Waals surface area contributed by atoms with Gasteiger partial charge in [-0.1, -0.05) is 18.2 Å². The summed E-state index contributed by atoms with van der Waals surface area (Å²) in [7, 11) is 0. The molecule has 0 spiro atoms. The van der Waals surface area contributed by atoms with Crippen LogP contribution < -0.4 is 15.8 Å². The Labute approximate surface area is 124 Å². The zero-order valence-corrected chi connectivity index (χ0v) is 12.0. The maximum absolute atomic E-state index is 12.0. The van der Waals surface area contributed by atoms with Gasteiger partial charge in [-0.2, -0.15) is 0 Å². The van der Waals surface area contributed by atoms with Gasteiger partial charge in [0.15, 0.2) is 0 Å². The van der Waals surface area contributed by atoms with E-state index in [1.54, 1.807) is 0 Å². The SMILES string of the molecule is Cl.NC(CNC(=O)C1=Cc2ccccc2OC1)C1CC1. The van der Waals surface area contributed by atoms with Crippen molar-refractivity contribution < 1.29 is 9.53 Å². The third kappa shape index (κ3) is 3.32. The van der Waals surface area contributed by atoms with Gasteiger partial charge in [-0.25, -0.2) is 0 Å². The Bertz CT molecular complexity index is 526. The summed E-state index contributed by atoms with van der Waals surface area (Å²) >= 11 is 0. The molecule has 1 heterocycles. The van der Waals surface area contributed by atoms with Crippen LogP contribution in [0.5, 0.6) is 5.75 Å². The minimum absolute atomic E-state index is 0. The average molecular weight is 295 g/mol. The van der Waals surface area contributed by atoms with E-state index in [1.165, 1.54) is 12.8 Å². The molecule has 0 radical (unpaired) electrons. The molecule has 1 aromatic carbocycles. The van der Waals surface area contributed by atoms with Crippen molar-refractivity contribution in [3.63, 3.8) is 0 Å². The molecule has 1 fully saturated rings. The molecular weight excluding hydrogens is 276 g/mol. The predicted octanol–water partition coefficient (Wildman–Crippen LogP) is 1.74. The van der Waals surface area contributed by atoms with Crippen LogP contribution in [-0.4, -0.2) is 25.1 Å². The molecule has 2 aliphatic rings. The lowest BCUT2D eigenvalue weighted by Crippen LogP contribution is -2.40. The van der Waals surface area contributed by atoms with E-state index in [1.807, 2.05) is 30.3 Å². The van der Waals surface area contributed by atoms with Crippen LogP contribution in [0, 0.1) is 5.92 Å². The first-order chi connectivity index (χ1) is 9.24. The van der Waals surface area contributed by atoms with Gasteiger partial charge < -0.3 is 15.8 Å². The van der Waals surface area contributed by atoms with Gasteiger partial charge >= 0.3 is 0 Å². The summed E-state index contributed by atoms with van der Waals surface area (Å²) in [5.41, 5.74) is 7.57. The Kier molecular flexibility index (Phi) is 4.68. The number of nitrogens with two attached hydrogens (primary N) is 1. The molecule has 1 atom stereocenters. The van der Waals surface area contributed by atoms with Crippen LogP contribution in [0.15, 0.2) is 29.8 Å². The fourth-order valence-corrected chi connectivity index (χ4v) is 2.26. The number of carbonyl (C=O) groups excluding carboxylic acids is 1. The average Bonchev–Trinajstić information content (AvgIpc) is 3.28. The van der Waals surface area contributed by atoms with Gasteiger partial charge in [-0.05, 0) is 30.9 Å². The second-order valence-corrected chi connectivity index (χ2v) is 5.21. The van der Waals surface area contributed by atoms with Gasteiger partial charge in [0, 0.05) is 18.2 Å². The predicted molar refractivity (Wildman–Crippen MR) is 80.9 cm³/mol. The molecule has 1 saturated carbocycles. The lowest BCUT2D eigenvalue weighted by molar-refractivity contribution is -0.117. The van der Waals surface area contributed by atoms with Gasteiger partial charge in [-0.3, -0.25) is 4.79 Å². The number of carbonyl (C=O) groups is 1. The highest BCUT2D eigenvalue weighted by atomic mass is 35.5. The van der Waals surface area contributed by atoms with E-state index in [9.17, 15) is 4.79 Å². The largest absolute Gasteiger partial charge is 0.488 e. The second kappa shape index (κ2) is 6.29. The Morgan fingerprint density at radius 2 is 2.15 bits per heavy atom. The molecule has 1 aromatic rings. The van der Waals surface area contributed by atoms with Gasteiger partial charge in [0.25, 0.3) is 5.91 Å². The van der Waals surface area contributed by atoms with E-state index in [0.717, 1.165) is 11.3 Å². The van der Waals surface area contributed by atoms with E-state index >= 15 is 0 Å². The lowest BCUT2D eigenvalue weighted by atomic mass is 10.1. The third-order valence-corrected chi connectivity index (χ3v) is 3.65. The number of rotatable bonds is 4. The topological polar surface area (TPSA) is 64.3 Å². The number of para-hydroxylation sites is 1. The fourth-order valence-electron chi connectivity index (χ4n) is 2.26. The first kappa shape index (κ1) is 14.9. The summed E-state index contributed by atoms with van der Waals surface area (Å²) in [5, 5.41) is 2.89. The number of hydrogen-bond acceptors (Lipinski definition) is 3. The quantitative estimate of drug-likeness (QED) is 0.889. The molecule has 20 heavy (non-hydrogen) atoms. The summed E-state index contributed by atoms with van der Waals surface area (Å²) in [6, 6.07) is 7.79. The van der Waals surface area contributed by atoms with Crippen molar-refractivity contribution in [3.05, 3.63) is 35.4 Å². The molecule has 0 aromatic heterocycles. The molecule has 1 unspecified atom stereocenters. The first-order valence-corrected chi connectivity index (χ1v) is 6.70. The first-order valence-electron chi connectivity index (χ1n) is 6.70. The Hall–Kier alpha value is -1.52. The standard InChI is InChI=1S/C15H18N2O2.ClH/c16-13(10-5-6-10)8-17-15(18)12-7-11-3-1-2-4-14(11)19-9-12;/h1-4,7,10,13H,5-6,8-9,16H2,(H,17,18);1H. The number of benzene rings is 1. The Morgan fingerprint density at radius 3 is 2.90 bits per heavy atom. The van der Waals surface area contributed by atoms with Gasteiger partial charge in [-0.15, -0.1) is 12.4 Å². The molecule has 4 nitrogen and oxygen atoms in total. The minimum atomic E-state index is -0.0781. The summed E-state index contributed by atoms with van der Waals surface area (Å²) < 4.78 is 5.56. The van der Waals surface area contributed by atoms with Gasteiger partial charge in [0.2, 0.25) is 0 Å². The number of fused-ring (bicyclic) bond motifs is 1. The maximum atomic E-state index is 12.0.